The van der Waals surface area contributed by atoms with E-state index in [2.05, 4.69) is 45.6 Å². The fraction of sp³-hybridized carbons (Fsp3) is 0.136. The van der Waals surface area contributed by atoms with Crippen LogP contribution in [0.25, 0.3) is 0 Å². The van der Waals surface area contributed by atoms with Crippen molar-refractivity contribution in [3.05, 3.63) is 87.4 Å². The van der Waals surface area contributed by atoms with E-state index in [1.807, 2.05) is 30.3 Å². The Labute approximate surface area is 178 Å². The Morgan fingerprint density at radius 2 is 1.75 bits per heavy atom. The van der Waals surface area contributed by atoms with Crippen molar-refractivity contribution in [2.75, 3.05) is 17.2 Å². The van der Waals surface area contributed by atoms with Crippen LogP contribution in [0.4, 0.5) is 11.4 Å². The van der Waals surface area contributed by atoms with Crippen molar-refractivity contribution in [2.24, 2.45) is 0 Å². The van der Waals surface area contributed by atoms with Crippen molar-refractivity contribution in [1.29, 1.82) is 0 Å². The van der Waals surface area contributed by atoms with Crippen LogP contribution in [0, 0.1) is 6.92 Å². The van der Waals surface area contributed by atoms with Gasteiger partial charge in [-0.05, 0) is 72.6 Å². The summed E-state index contributed by atoms with van der Waals surface area (Å²) in [7, 11) is 0. The number of ether oxygens (including phenoxy) is 1. The molecule has 0 unspecified atom stereocenters. The van der Waals surface area contributed by atoms with Crippen LogP contribution in [0.3, 0.4) is 0 Å². The van der Waals surface area contributed by atoms with Crippen molar-refractivity contribution >= 4 is 44.8 Å². The first kappa shape index (κ1) is 20.2. The SMILES string of the molecule is Cc1cc(Br)ccc1NCc1ccc(OCC(=O)Nc2ccc(Cl)cc2)cc1. The summed E-state index contributed by atoms with van der Waals surface area (Å²) in [5.74, 6) is 0.425. The molecule has 0 bridgehead atoms. The van der Waals surface area contributed by atoms with Gasteiger partial charge >= 0.3 is 0 Å². The highest BCUT2D eigenvalue weighted by Crippen LogP contribution is 2.21. The highest BCUT2D eigenvalue weighted by Gasteiger charge is 2.05. The van der Waals surface area contributed by atoms with Gasteiger partial charge in [0.1, 0.15) is 5.75 Å². The van der Waals surface area contributed by atoms with E-state index in [0.717, 1.165) is 15.7 Å². The predicted octanol–water partition coefficient (Wildman–Crippen LogP) is 6.04. The molecule has 3 aromatic rings. The molecule has 0 saturated carbocycles. The fourth-order valence-corrected chi connectivity index (χ4v) is 3.21. The van der Waals surface area contributed by atoms with E-state index in [-0.39, 0.29) is 12.5 Å². The molecule has 144 valence electrons. The van der Waals surface area contributed by atoms with E-state index in [9.17, 15) is 4.79 Å². The summed E-state index contributed by atoms with van der Waals surface area (Å²) in [6.45, 7) is 2.72. The van der Waals surface area contributed by atoms with E-state index >= 15 is 0 Å². The molecule has 0 radical (unpaired) electrons. The van der Waals surface area contributed by atoms with Crippen LogP contribution in [0.15, 0.2) is 71.2 Å². The number of hydrogen-bond acceptors (Lipinski definition) is 3. The Hall–Kier alpha value is -2.50. The molecule has 0 saturated heterocycles. The average molecular weight is 460 g/mol. The van der Waals surface area contributed by atoms with E-state index in [0.29, 0.717) is 23.0 Å². The Bertz CT molecular complexity index is 944. The molecule has 0 aromatic heterocycles. The number of nitrogens with one attached hydrogen (secondary N) is 2. The van der Waals surface area contributed by atoms with Gasteiger partial charge < -0.3 is 15.4 Å². The molecule has 0 aliphatic carbocycles. The van der Waals surface area contributed by atoms with E-state index in [1.165, 1.54) is 5.56 Å². The molecule has 0 aliphatic rings. The van der Waals surface area contributed by atoms with E-state index < -0.39 is 0 Å². The van der Waals surface area contributed by atoms with Gasteiger partial charge in [-0.2, -0.15) is 0 Å². The number of rotatable bonds is 7. The average Bonchev–Trinajstić information content (AvgIpc) is 2.68. The monoisotopic (exact) mass is 458 g/mol. The summed E-state index contributed by atoms with van der Waals surface area (Å²) in [6.07, 6.45) is 0. The Balaban J connectivity index is 1.47. The number of carbonyl (C=O) groups is 1. The summed E-state index contributed by atoms with van der Waals surface area (Å²) in [5.41, 5.74) is 4.09. The first-order valence-electron chi connectivity index (χ1n) is 8.77. The number of anilines is 2. The maximum Gasteiger partial charge on any atom is 0.262 e. The predicted molar refractivity (Wildman–Crippen MR) is 118 cm³/mol. The molecule has 6 heteroatoms. The van der Waals surface area contributed by atoms with Crippen molar-refractivity contribution in [2.45, 2.75) is 13.5 Å². The number of amides is 1. The topological polar surface area (TPSA) is 50.4 Å². The zero-order chi connectivity index (χ0) is 19.9. The first-order valence-corrected chi connectivity index (χ1v) is 9.94. The van der Waals surface area contributed by atoms with Gasteiger partial charge in [0.15, 0.2) is 6.61 Å². The molecule has 4 nitrogen and oxygen atoms in total. The normalized spacial score (nSPS) is 10.4. The highest BCUT2D eigenvalue weighted by atomic mass is 79.9. The summed E-state index contributed by atoms with van der Waals surface area (Å²) in [5, 5.41) is 6.81. The van der Waals surface area contributed by atoms with Gasteiger partial charge in [0, 0.05) is 27.4 Å². The van der Waals surface area contributed by atoms with Gasteiger partial charge in [0.2, 0.25) is 0 Å². The molecule has 3 rings (SSSR count). The molecule has 2 N–H and O–H groups in total. The maximum atomic E-state index is 12.0. The summed E-state index contributed by atoms with van der Waals surface area (Å²) >= 11 is 9.30. The highest BCUT2D eigenvalue weighted by molar-refractivity contribution is 9.10. The molecule has 0 aliphatic heterocycles. The molecular weight excluding hydrogens is 440 g/mol. The Kier molecular flexibility index (Phi) is 6.95. The molecule has 0 fully saturated rings. The minimum atomic E-state index is -0.223. The zero-order valence-corrected chi connectivity index (χ0v) is 17.7. The van der Waals surface area contributed by atoms with Crippen LogP contribution < -0.4 is 15.4 Å². The number of halogens is 2. The smallest absolute Gasteiger partial charge is 0.262 e. The minimum absolute atomic E-state index is 0.0572. The Morgan fingerprint density at radius 3 is 2.43 bits per heavy atom. The van der Waals surface area contributed by atoms with Crippen molar-refractivity contribution < 1.29 is 9.53 Å². The number of benzene rings is 3. The van der Waals surface area contributed by atoms with Gasteiger partial charge in [-0.15, -0.1) is 0 Å². The lowest BCUT2D eigenvalue weighted by Crippen LogP contribution is -2.20. The largest absolute Gasteiger partial charge is 0.484 e. The molecule has 0 heterocycles. The first-order chi connectivity index (χ1) is 13.5. The lowest BCUT2D eigenvalue weighted by Gasteiger charge is -2.11. The third-order valence-electron chi connectivity index (χ3n) is 4.09. The van der Waals surface area contributed by atoms with Crippen LogP contribution in [0.5, 0.6) is 5.75 Å². The maximum absolute atomic E-state index is 12.0. The summed E-state index contributed by atoms with van der Waals surface area (Å²) in [6, 6.07) is 20.8. The second-order valence-electron chi connectivity index (χ2n) is 6.30. The van der Waals surface area contributed by atoms with Crippen molar-refractivity contribution in [3.63, 3.8) is 0 Å². The number of aryl methyl sites for hydroxylation is 1. The molecule has 28 heavy (non-hydrogen) atoms. The number of hydrogen-bond donors (Lipinski definition) is 2. The fourth-order valence-electron chi connectivity index (χ4n) is 2.61. The summed E-state index contributed by atoms with van der Waals surface area (Å²) < 4.78 is 6.62. The second-order valence-corrected chi connectivity index (χ2v) is 7.65. The summed E-state index contributed by atoms with van der Waals surface area (Å²) in [4.78, 5) is 12.0. The second kappa shape index (κ2) is 9.62. The van der Waals surface area contributed by atoms with Crippen LogP contribution >= 0.6 is 27.5 Å². The molecule has 0 atom stereocenters. The van der Waals surface area contributed by atoms with Crippen molar-refractivity contribution in [3.8, 4) is 5.75 Å². The third kappa shape index (κ3) is 6.01. The van der Waals surface area contributed by atoms with Gasteiger partial charge in [0.25, 0.3) is 5.91 Å². The van der Waals surface area contributed by atoms with Crippen LogP contribution in [0.1, 0.15) is 11.1 Å². The standard InChI is InChI=1S/C22H20BrClN2O2/c1-15-12-17(23)4-11-21(15)25-13-16-2-9-20(10-3-16)28-14-22(27)26-19-7-5-18(24)6-8-19/h2-12,25H,13-14H2,1H3,(H,26,27). The molecule has 1 amide bonds. The zero-order valence-electron chi connectivity index (χ0n) is 15.3. The van der Waals surface area contributed by atoms with Gasteiger partial charge in [-0.1, -0.05) is 39.7 Å². The third-order valence-corrected chi connectivity index (χ3v) is 4.84. The number of carbonyl (C=O) groups excluding carboxylic acids is 1. The van der Waals surface area contributed by atoms with Crippen LogP contribution in [-0.4, -0.2) is 12.5 Å². The molecule has 3 aromatic carbocycles. The Morgan fingerprint density at radius 1 is 1.04 bits per heavy atom. The quantitative estimate of drug-likeness (QED) is 0.453. The van der Waals surface area contributed by atoms with Gasteiger partial charge in [0.05, 0.1) is 0 Å². The van der Waals surface area contributed by atoms with E-state index in [4.69, 9.17) is 16.3 Å². The van der Waals surface area contributed by atoms with E-state index in [1.54, 1.807) is 24.3 Å². The lowest BCUT2D eigenvalue weighted by molar-refractivity contribution is -0.118. The minimum Gasteiger partial charge on any atom is -0.484 e. The van der Waals surface area contributed by atoms with Crippen LogP contribution in [-0.2, 0) is 11.3 Å². The molecule has 0 spiro atoms. The van der Waals surface area contributed by atoms with Gasteiger partial charge in [-0.25, -0.2) is 0 Å². The van der Waals surface area contributed by atoms with Crippen molar-refractivity contribution in [1.82, 2.24) is 0 Å². The lowest BCUT2D eigenvalue weighted by atomic mass is 10.1. The molecular formula is C22H20BrClN2O2. The van der Waals surface area contributed by atoms with Gasteiger partial charge in [-0.3, -0.25) is 4.79 Å². The van der Waals surface area contributed by atoms with Crippen LogP contribution in [0.2, 0.25) is 5.02 Å².